The molecule has 2 N–H and O–H groups in total. The maximum atomic E-state index is 14.3. The van der Waals surface area contributed by atoms with Crippen molar-refractivity contribution in [2.24, 2.45) is 0 Å². The van der Waals surface area contributed by atoms with Gasteiger partial charge in [0, 0.05) is 41.4 Å². The van der Waals surface area contributed by atoms with Crippen LogP contribution in [0.3, 0.4) is 0 Å². The van der Waals surface area contributed by atoms with Gasteiger partial charge in [0.1, 0.15) is 11.9 Å². The summed E-state index contributed by atoms with van der Waals surface area (Å²) in [7, 11) is 0. The summed E-state index contributed by atoms with van der Waals surface area (Å²) in [6.07, 6.45) is 0.709. The number of carbonyl (C=O) groups excluding carboxylic acids is 2. The fraction of sp³-hybridized carbons (Fsp3) is 0.296. The van der Waals surface area contributed by atoms with Crippen molar-refractivity contribution in [2.45, 2.75) is 43.7 Å². The van der Waals surface area contributed by atoms with E-state index in [0.717, 1.165) is 17.0 Å². The quantitative estimate of drug-likeness (QED) is 0.344. The number of aromatic nitrogens is 1. The highest BCUT2D eigenvalue weighted by atomic mass is 35.5. The van der Waals surface area contributed by atoms with E-state index in [4.69, 9.17) is 11.6 Å². The number of alkyl halides is 2. The van der Waals surface area contributed by atoms with Gasteiger partial charge in [-0.05, 0) is 49.2 Å². The first-order chi connectivity index (χ1) is 18.1. The van der Waals surface area contributed by atoms with Crippen LogP contribution in [0.15, 0.2) is 66.9 Å². The molecule has 4 rings (SSSR count). The number of benzene rings is 2. The van der Waals surface area contributed by atoms with E-state index in [-0.39, 0.29) is 47.8 Å². The molecular weight excluding hydrogens is 524 g/mol. The van der Waals surface area contributed by atoms with Crippen LogP contribution >= 0.6 is 11.6 Å². The number of halogens is 5. The van der Waals surface area contributed by atoms with E-state index in [2.05, 4.69) is 15.6 Å². The monoisotopic (exact) mass is 548 g/mol. The molecule has 2 amide bonds. The summed E-state index contributed by atoms with van der Waals surface area (Å²) in [5.74, 6) is -5.70. The molecule has 0 bridgehead atoms. The SMILES string of the molecule is O=C(NC1CCC(F)(F)CC1)C(c1ccccc1Cl)N(C(=O)CNc1ncccc1F)c1cccc(F)c1. The lowest BCUT2D eigenvalue weighted by molar-refractivity contribution is -0.127. The lowest BCUT2D eigenvalue weighted by atomic mass is 9.91. The maximum absolute atomic E-state index is 14.3. The zero-order valence-corrected chi connectivity index (χ0v) is 20.9. The van der Waals surface area contributed by atoms with Crippen LogP contribution in [0.25, 0.3) is 0 Å². The van der Waals surface area contributed by atoms with Gasteiger partial charge in [-0.1, -0.05) is 35.9 Å². The van der Waals surface area contributed by atoms with E-state index in [1.54, 1.807) is 18.2 Å². The number of rotatable bonds is 8. The molecule has 11 heteroatoms. The van der Waals surface area contributed by atoms with E-state index in [0.29, 0.717) is 0 Å². The molecule has 1 fully saturated rings. The lowest BCUT2D eigenvalue weighted by Gasteiger charge is -2.35. The van der Waals surface area contributed by atoms with Crippen LogP contribution in [0.1, 0.15) is 37.3 Å². The number of nitrogens with zero attached hydrogens (tertiary/aromatic N) is 2. The molecule has 0 spiro atoms. The van der Waals surface area contributed by atoms with Gasteiger partial charge in [-0.2, -0.15) is 0 Å². The molecular formula is C27H25ClF4N4O2. The number of anilines is 2. The third-order valence-corrected chi connectivity index (χ3v) is 6.63. The summed E-state index contributed by atoms with van der Waals surface area (Å²) in [6, 6.07) is 12.1. The molecule has 3 aromatic rings. The average Bonchev–Trinajstić information content (AvgIpc) is 2.88. The molecule has 1 unspecified atom stereocenters. The zero-order chi connectivity index (χ0) is 27.3. The van der Waals surface area contributed by atoms with Crippen molar-refractivity contribution >= 4 is 34.9 Å². The van der Waals surface area contributed by atoms with Crippen molar-refractivity contribution in [3.8, 4) is 0 Å². The largest absolute Gasteiger partial charge is 0.359 e. The Hall–Kier alpha value is -3.66. The van der Waals surface area contributed by atoms with E-state index >= 15 is 0 Å². The van der Waals surface area contributed by atoms with Crippen molar-refractivity contribution in [2.75, 3.05) is 16.8 Å². The summed E-state index contributed by atoms with van der Waals surface area (Å²) >= 11 is 6.44. The second-order valence-corrected chi connectivity index (χ2v) is 9.40. The van der Waals surface area contributed by atoms with Crippen LogP contribution in [0.5, 0.6) is 0 Å². The highest BCUT2D eigenvalue weighted by Gasteiger charge is 2.39. The van der Waals surface area contributed by atoms with Crippen molar-refractivity contribution in [1.82, 2.24) is 10.3 Å². The fourth-order valence-corrected chi connectivity index (χ4v) is 4.62. The van der Waals surface area contributed by atoms with Crippen LogP contribution in [-0.4, -0.2) is 35.3 Å². The van der Waals surface area contributed by atoms with Gasteiger partial charge < -0.3 is 10.6 Å². The zero-order valence-electron chi connectivity index (χ0n) is 20.1. The Kier molecular flexibility index (Phi) is 8.51. The summed E-state index contributed by atoms with van der Waals surface area (Å²) in [6.45, 7) is -0.492. The smallest absolute Gasteiger partial charge is 0.248 e. The Morgan fingerprint density at radius 2 is 1.79 bits per heavy atom. The molecule has 0 saturated heterocycles. The van der Waals surface area contributed by atoms with Gasteiger partial charge in [-0.15, -0.1) is 0 Å². The van der Waals surface area contributed by atoms with E-state index < -0.39 is 48.0 Å². The first kappa shape index (κ1) is 27.4. The minimum Gasteiger partial charge on any atom is -0.359 e. The first-order valence-electron chi connectivity index (χ1n) is 12.0. The summed E-state index contributed by atoms with van der Waals surface area (Å²) < 4.78 is 55.7. The minimum atomic E-state index is -2.79. The van der Waals surface area contributed by atoms with Crippen molar-refractivity contribution in [1.29, 1.82) is 0 Å². The van der Waals surface area contributed by atoms with Gasteiger partial charge >= 0.3 is 0 Å². The van der Waals surface area contributed by atoms with Gasteiger partial charge in [0.25, 0.3) is 0 Å². The van der Waals surface area contributed by atoms with Crippen LogP contribution in [0.2, 0.25) is 5.02 Å². The van der Waals surface area contributed by atoms with Crippen LogP contribution < -0.4 is 15.5 Å². The van der Waals surface area contributed by atoms with Gasteiger partial charge in [0.15, 0.2) is 11.6 Å². The van der Waals surface area contributed by atoms with E-state index in [1.807, 2.05) is 0 Å². The second kappa shape index (κ2) is 11.8. The third kappa shape index (κ3) is 6.61. The van der Waals surface area contributed by atoms with Crippen LogP contribution in [0.4, 0.5) is 29.1 Å². The minimum absolute atomic E-state index is 0.0496. The second-order valence-electron chi connectivity index (χ2n) is 8.99. The highest BCUT2D eigenvalue weighted by molar-refractivity contribution is 6.31. The van der Waals surface area contributed by atoms with Gasteiger partial charge in [-0.3, -0.25) is 14.5 Å². The molecule has 6 nitrogen and oxygen atoms in total. The number of hydrogen-bond donors (Lipinski definition) is 2. The Bertz CT molecular complexity index is 1300. The molecule has 38 heavy (non-hydrogen) atoms. The summed E-state index contributed by atoms with van der Waals surface area (Å²) in [5, 5.41) is 5.55. The number of amides is 2. The molecule has 1 atom stereocenters. The van der Waals surface area contributed by atoms with Gasteiger partial charge in [-0.25, -0.2) is 22.5 Å². The maximum Gasteiger partial charge on any atom is 0.248 e. The standard InChI is InChI=1S/C27H25ClF4N4O2/c28-21-8-2-1-7-20(21)24(26(38)35-18-10-12-27(31,32)13-11-18)36(19-6-3-5-17(29)15-19)23(37)16-34-25-22(30)9-4-14-33-25/h1-9,14-15,18,24H,10-13,16H2,(H,33,34)(H,35,38). The lowest BCUT2D eigenvalue weighted by Crippen LogP contribution is -2.49. The molecule has 200 valence electrons. The molecule has 1 heterocycles. The normalized spacial score (nSPS) is 15.9. The number of hydrogen-bond acceptors (Lipinski definition) is 4. The predicted octanol–water partition coefficient (Wildman–Crippen LogP) is 5.89. The van der Waals surface area contributed by atoms with Crippen LogP contribution in [0, 0.1) is 11.6 Å². The Labute approximate surface area is 222 Å². The first-order valence-corrected chi connectivity index (χ1v) is 12.4. The van der Waals surface area contributed by atoms with Gasteiger partial charge in [0.05, 0.1) is 6.54 Å². The highest BCUT2D eigenvalue weighted by Crippen LogP contribution is 2.35. The fourth-order valence-electron chi connectivity index (χ4n) is 4.38. The third-order valence-electron chi connectivity index (χ3n) is 6.29. The number of nitrogens with one attached hydrogen (secondary N) is 2. The number of pyridine rings is 1. The average molecular weight is 549 g/mol. The molecule has 0 radical (unpaired) electrons. The molecule has 0 aliphatic heterocycles. The molecule has 1 aromatic heterocycles. The van der Waals surface area contributed by atoms with Gasteiger partial charge in [0.2, 0.25) is 17.7 Å². The Morgan fingerprint density at radius 1 is 1.05 bits per heavy atom. The summed E-state index contributed by atoms with van der Waals surface area (Å²) in [4.78, 5) is 32.3. The van der Waals surface area contributed by atoms with E-state index in [1.165, 1.54) is 36.5 Å². The Balaban J connectivity index is 1.70. The predicted molar refractivity (Wildman–Crippen MR) is 136 cm³/mol. The van der Waals surface area contributed by atoms with Crippen LogP contribution in [-0.2, 0) is 9.59 Å². The van der Waals surface area contributed by atoms with E-state index in [9.17, 15) is 27.2 Å². The summed E-state index contributed by atoms with van der Waals surface area (Å²) in [5.41, 5.74) is 0.294. The molecule has 1 saturated carbocycles. The molecule has 1 aliphatic carbocycles. The Morgan fingerprint density at radius 3 is 2.47 bits per heavy atom. The van der Waals surface area contributed by atoms with Crippen molar-refractivity contribution in [3.63, 3.8) is 0 Å². The van der Waals surface area contributed by atoms with Crippen molar-refractivity contribution < 1.29 is 27.2 Å². The molecule has 2 aromatic carbocycles. The molecule has 1 aliphatic rings. The number of carbonyl (C=O) groups is 2. The topological polar surface area (TPSA) is 74.3 Å². The van der Waals surface area contributed by atoms with Crippen molar-refractivity contribution in [3.05, 3.63) is 89.1 Å².